The molecule has 20 heavy (non-hydrogen) atoms. The molecule has 0 saturated carbocycles. The molecule has 1 fully saturated rings. The van der Waals surface area contributed by atoms with Gasteiger partial charge >= 0.3 is 6.03 Å². The van der Waals surface area contributed by atoms with Crippen LogP contribution in [0.25, 0.3) is 0 Å². The van der Waals surface area contributed by atoms with Crippen molar-refractivity contribution in [3.05, 3.63) is 28.2 Å². The molecule has 1 heterocycles. The standard InChI is InChI=1S/C15H22BrN3O/c1-3-6-18-7-9-19(10-8-18)15(20)17-13-4-5-14(16)12(2)11-13/h4-5,11H,3,6-10H2,1-2H3,(H,17,20). The summed E-state index contributed by atoms with van der Waals surface area (Å²) in [6.07, 6.45) is 1.17. The number of urea groups is 1. The van der Waals surface area contributed by atoms with Crippen molar-refractivity contribution in [2.45, 2.75) is 20.3 Å². The van der Waals surface area contributed by atoms with Crippen LogP contribution in [0.4, 0.5) is 10.5 Å². The predicted molar refractivity (Wildman–Crippen MR) is 86.2 cm³/mol. The van der Waals surface area contributed by atoms with E-state index < -0.39 is 0 Å². The smallest absolute Gasteiger partial charge is 0.321 e. The molecule has 0 unspecified atom stereocenters. The molecule has 0 atom stereocenters. The molecule has 0 spiro atoms. The number of halogens is 1. The topological polar surface area (TPSA) is 35.6 Å². The van der Waals surface area contributed by atoms with Crippen LogP contribution in [0, 0.1) is 6.92 Å². The zero-order chi connectivity index (χ0) is 14.5. The lowest BCUT2D eigenvalue weighted by Crippen LogP contribution is -2.50. The number of rotatable bonds is 3. The van der Waals surface area contributed by atoms with Gasteiger partial charge in [-0.3, -0.25) is 4.90 Å². The van der Waals surface area contributed by atoms with Crippen LogP contribution < -0.4 is 5.32 Å². The van der Waals surface area contributed by atoms with Crippen molar-refractivity contribution in [2.75, 3.05) is 38.0 Å². The fourth-order valence-electron chi connectivity index (χ4n) is 2.42. The Hall–Kier alpha value is -1.07. The summed E-state index contributed by atoms with van der Waals surface area (Å²) >= 11 is 3.46. The number of piperazine rings is 1. The Morgan fingerprint density at radius 3 is 2.60 bits per heavy atom. The summed E-state index contributed by atoms with van der Waals surface area (Å²) in [5.41, 5.74) is 1.97. The minimum absolute atomic E-state index is 0.00266. The van der Waals surface area contributed by atoms with Crippen LogP contribution >= 0.6 is 15.9 Å². The summed E-state index contributed by atoms with van der Waals surface area (Å²) in [6.45, 7) is 8.89. The molecule has 1 saturated heterocycles. The third-order valence-corrected chi connectivity index (χ3v) is 4.50. The van der Waals surface area contributed by atoms with Crippen molar-refractivity contribution < 1.29 is 4.79 Å². The molecule has 0 radical (unpaired) electrons. The van der Waals surface area contributed by atoms with E-state index >= 15 is 0 Å². The highest BCUT2D eigenvalue weighted by molar-refractivity contribution is 9.10. The van der Waals surface area contributed by atoms with Crippen LogP contribution in [0.3, 0.4) is 0 Å². The van der Waals surface area contributed by atoms with E-state index in [1.165, 1.54) is 6.42 Å². The highest BCUT2D eigenvalue weighted by atomic mass is 79.9. The first-order valence-corrected chi connectivity index (χ1v) is 7.94. The van der Waals surface area contributed by atoms with E-state index in [0.717, 1.165) is 48.4 Å². The molecular weight excluding hydrogens is 318 g/mol. The summed E-state index contributed by atoms with van der Waals surface area (Å²) in [5, 5.41) is 2.97. The number of carbonyl (C=O) groups excluding carboxylic acids is 1. The monoisotopic (exact) mass is 339 g/mol. The van der Waals surface area contributed by atoms with Crippen molar-refractivity contribution in [1.29, 1.82) is 0 Å². The zero-order valence-electron chi connectivity index (χ0n) is 12.2. The first-order chi connectivity index (χ1) is 9.60. The summed E-state index contributed by atoms with van der Waals surface area (Å²) in [4.78, 5) is 16.5. The Bertz CT molecular complexity index is 470. The summed E-state index contributed by atoms with van der Waals surface area (Å²) in [7, 11) is 0. The van der Waals surface area contributed by atoms with E-state index in [2.05, 4.69) is 33.1 Å². The van der Waals surface area contributed by atoms with E-state index in [1.807, 2.05) is 30.0 Å². The van der Waals surface area contributed by atoms with Gasteiger partial charge in [-0.15, -0.1) is 0 Å². The van der Waals surface area contributed by atoms with Crippen molar-refractivity contribution >= 4 is 27.6 Å². The van der Waals surface area contributed by atoms with Crippen LogP contribution in [-0.2, 0) is 0 Å². The Kier molecular flexibility index (Phi) is 5.43. The third-order valence-electron chi connectivity index (χ3n) is 3.61. The van der Waals surface area contributed by atoms with E-state index in [9.17, 15) is 4.79 Å². The molecule has 0 bridgehead atoms. The summed E-state index contributed by atoms with van der Waals surface area (Å²) in [5.74, 6) is 0. The Balaban J connectivity index is 1.88. The van der Waals surface area contributed by atoms with E-state index in [1.54, 1.807) is 0 Å². The van der Waals surface area contributed by atoms with Crippen LogP contribution in [0.2, 0.25) is 0 Å². The molecular formula is C15H22BrN3O. The lowest BCUT2D eigenvalue weighted by molar-refractivity contribution is 0.147. The van der Waals surface area contributed by atoms with Gasteiger partial charge in [0.15, 0.2) is 0 Å². The largest absolute Gasteiger partial charge is 0.322 e. The molecule has 1 aliphatic rings. The fraction of sp³-hybridized carbons (Fsp3) is 0.533. The van der Waals surface area contributed by atoms with E-state index in [0.29, 0.717) is 0 Å². The zero-order valence-corrected chi connectivity index (χ0v) is 13.7. The molecule has 110 valence electrons. The second-order valence-electron chi connectivity index (χ2n) is 5.22. The lowest BCUT2D eigenvalue weighted by atomic mass is 10.2. The van der Waals surface area contributed by atoms with Crippen molar-refractivity contribution in [2.24, 2.45) is 0 Å². The van der Waals surface area contributed by atoms with Crippen molar-refractivity contribution in [3.63, 3.8) is 0 Å². The molecule has 0 aromatic heterocycles. The maximum absolute atomic E-state index is 12.2. The van der Waals surface area contributed by atoms with Crippen LogP contribution in [0.1, 0.15) is 18.9 Å². The number of hydrogen-bond donors (Lipinski definition) is 1. The molecule has 1 aliphatic heterocycles. The Labute approximate surface area is 129 Å². The van der Waals surface area contributed by atoms with Crippen molar-refractivity contribution in [1.82, 2.24) is 9.80 Å². The van der Waals surface area contributed by atoms with Gasteiger partial charge in [-0.2, -0.15) is 0 Å². The van der Waals surface area contributed by atoms with Crippen LogP contribution in [-0.4, -0.2) is 48.6 Å². The van der Waals surface area contributed by atoms with Gasteiger partial charge in [0.2, 0.25) is 0 Å². The van der Waals surface area contributed by atoms with Gasteiger partial charge in [-0.1, -0.05) is 22.9 Å². The SMILES string of the molecule is CCCN1CCN(C(=O)Nc2ccc(Br)c(C)c2)CC1. The fourth-order valence-corrected chi connectivity index (χ4v) is 2.66. The minimum Gasteiger partial charge on any atom is -0.322 e. The highest BCUT2D eigenvalue weighted by Gasteiger charge is 2.20. The normalized spacial score (nSPS) is 16.2. The number of carbonyl (C=O) groups is 1. The number of anilines is 1. The molecule has 1 N–H and O–H groups in total. The van der Waals surface area contributed by atoms with Gasteiger partial charge in [-0.05, 0) is 43.7 Å². The second kappa shape index (κ2) is 7.09. The van der Waals surface area contributed by atoms with Crippen LogP contribution in [0.15, 0.2) is 22.7 Å². The number of nitrogens with one attached hydrogen (secondary N) is 1. The molecule has 2 rings (SSSR count). The molecule has 4 nitrogen and oxygen atoms in total. The number of benzene rings is 1. The Morgan fingerprint density at radius 1 is 1.30 bits per heavy atom. The Morgan fingerprint density at radius 2 is 2.00 bits per heavy atom. The molecule has 1 aromatic carbocycles. The van der Waals surface area contributed by atoms with Gasteiger partial charge in [0.05, 0.1) is 0 Å². The average molecular weight is 340 g/mol. The van der Waals surface area contributed by atoms with Crippen LogP contribution in [0.5, 0.6) is 0 Å². The molecule has 5 heteroatoms. The minimum atomic E-state index is 0.00266. The number of amides is 2. The van der Waals surface area contributed by atoms with Gasteiger partial charge in [-0.25, -0.2) is 4.79 Å². The first-order valence-electron chi connectivity index (χ1n) is 7.14. The van der Waals surface area contributed by atoms with E-state index in [4.69, 9.17) is 0 Å². The van der Waals surface area contributed by atoms with Gasteiger partial charge in [0.1, 0.15) is 0 Å². The maximum Gasteiger partial charge on any atom is 0.321 e. The third kappa shape index (κ3) is 3.96. The second-order valence-corrected chi connectivity index (χ2v) is 6.08. The molecule has 2 amide bonds. The number of aryl methyl sites for hydroxylation is 1. The number of hydrogen-bond acceptors (Lipinski definition) is 2. The van der Waals surface area contributed by atoms with E-state index in [-0.39, 0.29) is 6.03 Å². The maximum atomic E-state index is 12.2. The lowest BCUT2D eigenvalue weighted by Gasteiger charge is -2.34. The van der Waals surface area contributed by atoms with Gasteiger partial charge < -0.3 is 10.2 Å². The summed E-state index contributed by atoms with van der Waals surface area (Å²) in [6, 6.07) is 5.87. The predicted octanol–water partition coefficient (Wildman–Crippen LogP) is 3.32. The quantitative estimate of drug-likeness (QED) is 0.916. The average Bonchev–Trinajstić information content (AvgIpc) is 2.44. The van der Waals surface area contributed by atoms with Crippen molar-refractivity contribution in [3.8, 4) is 0 Å². The molecule has 0 aliphatic carbocycles. The molecule has 1 aromatic rings. The highest BCUT2D eigenvalue weighted by Crippen LogP contribution is 2.20. The van der Waals surface area contributed by atoms with Gasteiger partial charge in [0.25, 0.3) is 0 Å². The van der Waals surface area contributed by atoms with Gasteiger partial charge in [0, 0.05) is 36.3 Å². The number of nitrogens with zero attached hydrogens (tertiary/aromatic N) is 2. The summed E-state index contributed by atoms with van der Waals surface area (Å²) < 4.78 is 1.06. The first kappa shape index (κ1) is 15.3.